The Labute approximate surface area is 95.0 Å². The van der Waals surface area contributed by atoms with Gasteiger partial charge in [0.15, 0.2) is 0 Å². The molecule has 1 aromatic rings. The molecule has 0 aromatic carbocycles. The summed E-state index contributed by atoms with van der Waals surface area (Å²) in [5.74, 6) is 1.27. The van der Waals surface area contributed by atoms with Gasteiger partial charge in [-0.25, -0.2) is 0 Å². The van der Waals surface area contributed by atoms with Crippen molar-refractivity contribution in [2.75, 3.05) is 39.4 Å². The van der Waals surface area contributed by atoms with E-state index in [9.17, 15) is 0 Å². The summed E-state index contributed by atoms with van der Waals surface area (Å²) in [6.07, 6.45) is 0. The number of hydrogen-bond donors (Lipinski definition) is 1. The van der Waals surface area contributed by atoms with Gasteiger partial charge in [-0.15, -0.1) is 10.2 Å². The fourth-order valence-corrected chi connectivity index (χ4v) is 1.67. The maximum absolute atomic E-state index is 5.28. The molecule has 2 heterocycles. The first kappa shape index (κ1) is 11.5. The molecule has 1 aliphatic rings. The average molecular weight is 226 g/mol. The third-order valence-corrected chi connectivity index (χ3v) is 2.55. The van der Waals surface area contributed by atoms with Gasteiger partial charge in [-0.1, -0.05) is 0 Å². The molecule has 0 radical (unpaired) electrons. The van der Waals surface area contributed by atoms with Gasteiger partial charge in [0.2, 0.25) is 11.8 Å². The minimum absolute atomic E-state index is 0.616. The maximum atomic E-state index is 5.28. The summed E-state index contributed by atoms with van der Waals surface area (Å²) in [5.41, 5.74) is 0. The summed E-state index contributed by atoms with van der Waals surface area (Å²) >= 11 is 0. The van der Waals surface area contributed by atoms with Crippen LogP contribution in [0, 0.1) is 6.92 Å². The van der Waals surface area contributed by atoms with E-state index in [1.54, 1.807) is 6.92 Å². The zero-order chi connectivity index (χ0) is 11.2. The zero-order valence-corrected chi connectivity index (χ0v) is 9.61. The Hall–Kier alpha value is -0.980. The molecule has 1 aromatic heterocycles. The number of nitrogens with zero attached hydrogens (tertiary/aromatic N) is 3. The van der Waals surface area contributed by atoms with Crippen LogP contribution >= 0.6 is 0 Å². The largest absolute Gasteiger partial charge is 0.424 e. The van der Waals surface area contributed by atoms with Crippen LogP contribution in [0.4, 0.5) is 0 Å². The van der Waals surface area contributed by atoms with E-state index in [2.05, 4.69) is 20.4 Å². The molecular weight excluding hydrogens is 208 g/mol. The molecule has 6 heteroatoms. The summed E-state index contributed by atoms with van der Waals surface area (Å²) in [7, 11) is 0. The normalized spacial score (nSPS) is 17.8. The number of ether oxygens (including phenoxy) is 1. The summed E-state index contributed by atoms with van der Waals surface area (Å²) in [5, 5.41) is 11.0. The molecule has 0 aliphatic carbocycles. The Bertz CT molecular complexity index is 310. The number of hydrogen-bond acceptors (Lipinski definition) is 6. The van der Waals surface area contributed by atoms with Gasteiger partial charge in [-0.05, 0) is 0 Å². The van der Waals surface area contributed by atoms with Crippen LogP contribution in [0.3, 0.4) is 0 Å². The molecule has 2 rings (SSSR count). The molecule has 1 N–H and O–H groups in total. The number of aromatic nitrogens is 2. The van der Waals surface area contributed by atoms with Crippen LogP contribution < -0.4 is 5.32 Å². The number of aryl methyl sites for hydroxylation is 1. The first-order chi connectivity index (χ1) is 7.84. The van der Waals surface area contributed by atoms with Crippen molar-refractivity contribution in [2.24, 2.45) is 0 Å². The van der Waals surface area contributed by atoms with Gasteiger partial charge in [-0.2, -0.15) is 0 Å². The Balaban J connectivity index is 1.57. The number of rotatable bonds is 5. The third kappa shape index (κ3) is 3.55. The smallest absolute Gasteiger partial charge is 0.230 e. The molecule has 90 valence electrons. The van der Waals surface area contributed by atoms with Crippen LogP contribution in [-0.2, 0) is 11.3 Å². The van der Waals surface area contributed by atoms with Crippen molar-refractivity contribution in [3.63, 3.8) is 0 Å². The highest BCUT2D eigenvalue weighted by Crippen LogP contribution is 1.97. The first-order valence-electron chi connectivity index (χ1n) is 5.64. The lowest BCUT2D eigenvalue weighted by Gasteiger charge is -2.26. The highest BCUT2D eigenvalue weighted by molar-refractivity contribution is 4.78. The second-order valence-corrected chi connectivity index (χ2v) is 3.85. The van der Waals surface area contributed by atoms with E-state index in [0.717, 1.165) is 39.4 Å². The Morgan fingerprint density at radius 3 is 2.81 bits per heavy atom. The van der Waals surface area contributed by atoms with E-state index < -0.39 is 0 Å². The lowest BCUT2D eigenvalue weighted by molar-refractivity contribution is 0.0383. The molecule has 1 aliphatic heterocycles. The molecule has 1 fully saturated rings. The van der Waals surface area contributed by atoms with Crippen LogP contribution in [0.15, 0.2) is 4.42 Å². The molecule has 0 unspecified atom stereocenters. The van der Waals surface area contributed by atoms with E-state index >= 15 is 0 Å². The van der Waals surface area contributed by atoms with Crippen molar-refractivity contribution in [3.8, 4) is 0 Å². The standard InChI is InChI=1S/C10H18N4O2/c1-9-12-13-10(16-9)8-11-2-3-14-4-6-15-7-5-14/h11H,2-8H2,1H3. The van der Waals surface area contributed by atoms with Gasteiger partial charge < -0.3 is 14.5 Å². The van der Waals surface area contributed by atoms with Gasteiger partial charge in [-0.3, -0.25) is 4.90 Å². The summed E-state index contributed by atoms with van der Waals surface area (Å²) in [4.78, 5) is 2.38. The van der Waals surface area contributed by atoms with Crippen molar-refractivity contribution in [3.05, 3.63) is 11.8 Å². The van der Waals surface area contributed by atoms with Crippen LogP contribution in [-0.4, -0.2) is 54.5 Å². The minimum atomic E-state index is 0.616. The van der Waals surface area contributed by atoms with Crippen molar-refractivity contribution >= 4 is 0 Å². The molecular formula is C10H18N4O2. The molecule has 6 nitrogen and oxygen atoms in total. The quantitative estimate of drug-likeness (QED) is 0.702. The van der Waals surface area contributed by atoms with E-state index in [4.69, 9.17) is 9.15 Å². The van der Waals surface area contributed by atoms with Gasteiger partial charge in [0.05, 0.1) is 19.8 Å². The molecule has 0 saturated carbocycles. The lowest BCUT2D eigenvalue weighted by atomic mass is 10.4. The number of nitrogens with one attached hydrogen (secondary N) is 1. The van der Waals surface area contributed by atoms with Gasteiger partial charge in [0, 0.05) is 33.1 Å². The zero-order valence-electron chi connectivity index (χ0n) is 9.61. The molecule has 0 atom stereocenters. The van der Waals surface area contributed by atoms with Crippen molar-refractivity contribution in [1.82, 2.24) is 20.4 Å². The van der Waals surface area contributed by atoms with E-state index in [1.807, 2.05) is 0 Å². The Morgan fingerprint density at radius 2 is 2.12 bits per heavy atom. The van der Waals surface area contributed by atoms with Gasteiger partial charge in [0.25, 0.3) is 0 Å². The summed E-state index contributed by atoms with van der Waals surface area (Å²) < 4.78 is 10.5. The van der Waals surface area contributed by atoms with Crippen molar-refractivity contribution in [1.29, 1.82) is 0 Å². The van der Waals surface area contributed by atoms with Crippen LogP contribution in [0.1, 0.15) is 11.8 Å². The molecule has 0 amide bonds. The van der Waals surface area contributed by atoms with Crippen LogP contribution in [0.5, 0.6) is 0 Å². The molecule has 16 heavy (non-hydrogen) atoms. The third-order valence-electron chi connectivity index (χ3n) is 2.55. The van der Waals surface area contributed by atoms with Gasteiger partial charge in [0.1, 0.15) is 0 Å². The Kier molecular flexibility index (Phi) is 4.26. The summed E-state index contributed by atoms with van der Waals surface area (Å²) in [6.45, 7) is 8.17. The van der Waals surface area contributed by atoms with Crippen LogP contribution in [0.2, 0.25) is 0 Å². The predicted molar refractivity (Wildman–Crippen MR) is 58.0 cm³/mol. The highest BCUT2D eigenvalue weighted by Gasteiger charge is 2.09. The average Bonchev–Trinajstić information content (AvgIpc) is 2.72. The first-order valence-corrected chi connectivity index (χ1v) is 5.64. The van der Waals surface area contributed by atoms with E-state index in [-0.39, 0.29) is 0 Å². The highest BCUT2D eigenvalue weighted by atomic mass is 16.5. The van der Waals surface area contributed by atoms with Crippen molar-refractivity contribution < 1.29 is 9.15 Å². The second kappa shape index (κ2) is 5.93. The van der Waals surface area contributed by atoms with Crippen LogP contribution in [0.25, 0.3) is 0 Å². The van der Waals surface area contributed by atoms with E-state index in [0.29, 0.717) is 18.3 Å². The predicted octanol–water partition coefficient (Wildman–Crippen LogP) is -0.200. The fraction of sp³-hybridized carbons (Fsp3) is 0.800. The monoisotopic (exact) mass is 226 g/mol. The topological polar surface area (TPSA) is 63.4 Å². The second-order valence-electron chi connectivity index (χ2n) is 3.85. The summed E-state index contributed by atoms with van der Waals surface area (Å²) in [6, 6.07) is 0. The van der Waals surface area contributed by atoms with E-state index in [1.165, 1.54) is 0 Å². The van der Waals surface area contributed by atoms with Gasteiger partial charge >= 0.3 is 0 Å². The lowest BCUT2D eigenvalue weighted by Crippen LogP contribution is -2.40. The van der Waals surface area contributed by atoms with Crippen molar-refractivity contribution in [2.45, 2.75) is 13.5 Å². The number of morpholine rings is 1. The molecule has 0 bridgehead atoms. The maximum Gasteiger partial charge on any atom is 0.230 e. The Morgan fingerprint density at radius 1 is 1.31 bits per heavy atom. The fourth-order valence-electron chi connectivity index (χ4n) is 1.67. The molecule has 0 spiro atoms. The minimum Gasteiger partial charge on any atom is -0.424 e. The molecule has 1 saturated heterocycles. The SMILES string of the molecule is Cc1nnc(CNCCN2CCOCC2)o1.